The fourth-order valence-electron chi connectivity index (χ4n) is 3.34. The van der Waals surface area contributed by atoms with E-state index in [1.807, 2.05) is 20.8 Å². The molecule has 1 amide bonds. The molecule has 2 aliphatic rings. The highest BCUT2D eigenvalue weighted by Gasteiger charge is 2.47. The van der Waals surface area contributed by atoms with Gasteiger partial charge in [0.2, 0.25) is 0 Å². The van der Waals surface area contributed by atoms with Gasteiger partial charge in [-0.15, -0.1) is 0 Å². The van der Waals surface area contributed by atoms with Crippen molar-refractivity contribution >= 4 is 11.8 Å². The van der Waals surface area contributed by atoms with Crippen LogP contribution >= 0.6 is 0 Å². The second kappa shape index (κ2) is 6.24. The summed E-state index contributed by atoms with van der Waals surface area (Å²) in [6, 6.07) is 0.0756. The van der Waals surface area contributed by atoms with E-state index in [0.717, 1.165) is 31.4 Å². The molecular weight excluding hydrogens is 268 g/mol. The minimum absolute atomic E-state index is 0.0756. The highest BCUT2D eigenvalue weighted by molar-refractivity contribution is 5.91. The van der Waals surface area contributed by atoms with Crippen molar-refractivity contribution in [3.8, 4) is 0 Å². The molecule has 3 atom stereocenters. The van der Waals surface area contributed by atoms with E-state index < -0.39 is 5.60 Å². The molecule has 1 heterocycles. The van der Waals surface area contributed by atoms with Crippen molar-refractivity contribution in [2.45, 2.75) is 78.0 Å². The van der Waals surface area contributed by atoms with Crippen LogP contribution in [0.25, 0.3) is 0 Å². The summed E-state index contributed by atoms with van der Waals surface area (Å²) in [5, 5.41) is 7.34. The minimum Gasteiger partial charge on any atom is -0.444 e. The number of alkyl carbamates (subject to hydrolysis) is 1. The quantitative estimate of drug-likeness (QED) is 0.864. The maximum absolute atomic E-state index is 12.0. The lowest BCUT2D eigenvalue weighted by Gasteiger charge is -2.26. The molecule has 0 aromatic carbocycles. The average molecular weight is 296 g/mol. The van der Waals surface area contributed by atoms with Crippen LogP contribution in [-0.4, -0.2) is 29.6 Å². The minimum atomic E-state index is -0.472. The van der Waals surface area contributed by atoms with Gasteiger partial charge in [0.05, 0.1) is 11.6 Å². The van der Waals surface area contributed by atoms with Crippen molar-refractivity contribution in [2.24, 2.45) is 17.0 Å². The lowest BCUT2D eigenvalue weighted by molar-refractivity contribution is 0.0478. The normalized spacial score (nSPS) is 28.1. The van der Waals surface area contributed by atoms with Gasteiger partial charge in [-0.1, -0.05) is 19.0 Å². The van der Waals surface area contributed by atoms with Gasteiger partial charge in [0, 0.05) is 12.0 Å². The number of nitrogens with zero attached hydrogens (tertiary/aromatic N) is 1. The van der Waals surface area contributed by atoms with Gasteiger partial charge in [-0.2, -0.15) is 0 Å². The first-order chi connectivity index (χ1) is 9.85. The SMILES string of the molecule is CCC(CC)C1=NOC2CC[C@@H](NC(=O)OC(C)(C)C)C12. The van der Waals surface area contributed by atoms with Crippen LogP contribution in [0, 0.1) is 11.8 Å². The summed E-state index contributed by atoms with van der Waals surface area (Å²) < 4.78 is 5.37. The maximum Gasteiger partial charge on any atom is 0.407 e. The van der Waals surface area contributed by atoms with E-state index in [4.69, 9.17) is 9.57 Å². The van der Waals surface area contributed by atoms with Crippen LogP contribution in [0.15, 0.2) is 5.16 Å². The van der Waals surface area contributed by atoms with Crippen LogP contribution in [0.2, 0.25) is 0 Å². The van der Waals surface area contributed by atoms with Crippen LogP contribution in [0.3, 0.4) is 0 Å². The van der Waals surface area contributed by atoms with E-state index in [-0.39, 0.29) is 24.2 Å². The Kier molecular flexibility index (Phi) is 4.79. The van der Waals surface area contributed by atoms with Gasteiger partial charge in [0.25, 0.3) is 0 Å². The summed E-state index contributed by atoms with van der Waals surface area (Å²) in [7, 11) is 0. The van der Waals surface area contributed by atoms with E-state index in [0.29, 0.717) is 5.92 Å². The zero-order valence-electron chi connectivity index (χ0n) is 13.8. The van der Waals surface area contributed by atoms with E-state index in [1.54, 1.807) is 0 Å². The Bertz CT molecular complexity index is 410. The molecule has 1 aliphatic carbocycles. The van der Waals surface area contributed by atoms with Crippen molar-refractivity contribution in [1.29, 1.82) is 0 Å². The number of nitrogens with one attached hydrogen (secondary N) is 1. The Hall–Kier alpha value is -1.26. The summed E-state index contributed by atoms with van der Waals surface area (Å²) in [6.07, 6.45) is 3.76. The number of hydrogen-bond donors (Lipinski definition) is 1. The molecule has 5 nitrogen and oxygen atoms in total. The molecule has 1 N–H and O–H groups in total. The van der Waals surface area contributed by atoms with Gasteiger partial charge in [-0.3, -0.25) is 0 Å². The molecule has 0 radical (unpaired) electrons. The summed E-state index contributed by atoms with van der Waals surface area (Å²) in [5.74, 6) is 0.656. The van der Waals surface area contributed by atoms with E-state index >= 15 is 0 Å². The molecule has 120 valence electrons. The third kappa shape index (κ3) is 3.69. The standard InChI is InChI=1S/C16H28N2O3/c1-6-10(7-2)14-13-11(8-9-12(13)21-18-14)17-15(19)20-16(3,4)5/h10-13H,6-9H2,1-5H3,(H,17,19)/t11-,12?,13?/m1/s1. The summed E-state index contributed by atoms with van der Waals surface area (Å²) in [5.41, 5.74) is 0.657. The van der Waals surface area contributed by atoms with Crippen LogP contribution in [0.4, 0.5) is 4.79 Å². The molecule has 2 unspecified atom stereocenters. The van der Waals surface area contributed by atoms with Crippen LogP contribution in [-0.2, 0) is 9.57 Å². The Morgan fingerprint density at radius 2 is 2.05 bits per heavy atom. The first-order valence-electron chi connectivity index (χ1n) is 8.08. The zero-order chi connectivity index (χ0) is 15.6. The fraction of sp³-hybridized carbons (Fsp3) is 0.875. The molecule has 0 aromatic rings. The molecule has 0 saturated heterocycles. The predicted molar refractivity (Wildman–Crippen MR) is 82.3 cm³/mol. The highest BCUT2D eigenvalue weighted by Crippen LogP contribution is 2.38. The van der Waals surface area contributed by atoms with Gasteiger partial charge in [-0.25, -0.2) is 4.79 Å². The number of fused-ring (bicyclic) bond motifs is 1. The summed E-state index contributed by atoms with van der Waals surface area (Å²) >= 11 is 0. The van der Waals surface area contributed by atoms with Gasteiger partial charge >= 0.3 is 6.09 Å². The molecule has 5 heteroatoms. The van der Waals surface area contributed by atoms with Crippen molar-refractivity contribution < 1.29 is 14.4 Å². The lowest BCUT2D eigenvalue weighted by atomic mass is 9.85. The van der Waals surface area contributed by atoms with Crippen molar-refractivity contribution in [1.82, 2.24) is 5.32 Å². The number of carbonyl (C=O) groups excluding carboxylic acids is 1. The number of rotatable bonds is 4. The molecule has 1 saturated carbocycles. The lowest BCUT2D eigenvalue weighted by Crippen LogP contribution is -2.45. The predicted octanol–water partition coefficient (Wildman–Crippen LogP) is 3.48. The smallest absolute Gasteiger partial charge is 0.407 e. The number of carbonyl (C=O) groups is 1. The molecular formula is C16H28N2O3. The average Bonchev–Trinajstić information content (AvgIpc) is 2.93. The van der Waals surface area contributed by atoms with E-state index in [1.165, 1.54) is 0 Å². The molecule has 2 rings (SSSR count). The van der Waals surface area contributed by atoms with Gasteiger partial charge in [0.15, 0.2) is 0 Å². The topological polar surface area (TPSA) is 59.9 Å². The highest BCUT2D eigenvalue weighted by atomic mass is 16.6. The van der Waals surface area contributed by atoms with Gasteiger partial charge in [-0.05, 0) is 46.5 Å². The second-order valence-electron chi connectivity index (χ2n) is 7.03. The van der Waals surface area contributed by atoms with E-state index in [9.17, 15) is 4.79 Å². The van der Waals surface area contributed by atoms with Crippen LogP contribution in [0.5, 0.6) is 0 Å². The van der Waals surface area contributed by atoms with Crippen molar-refractivity contribution in [3.63, 3.8) is 0 Å². The molecule has 0 bridgehead atoms. The molecule has 0 aromatic heterocycles. The summed E-state index contributed by atoms with van der Waals surface area (Å²) in [4.78, 5) is 17.6. The number of amides is 1. The van der Waals surface area contributed by atoms with E-state index in [2.05, 4.69) is 24.3 Å². The van der Waals surface area contributed by atoms with Crippen LogP contribution < -0.4 is 5.32 Å². The van der Waals surface area contributed by atoms with Crippen molar-refractivity contribution in [3.05, 3.63) is 0 Å². The van der Waals surface area contributed by atoms with Gasteiger partial charge in [0.1, 0.15) is 11.7 Å². The Balaban J connectivity index is 2.02. The fourth-order valence-corrected chi connectivity index (χ4v) is 3.34. The maximum atomic E-state index is 12.0. The first kappa shape index (κ1) is 16.1. The monoisotopic (exact) mass is 296 g/mol. The molecule has 0 spiro atoms. The third-order valence-corrected chi connectivity index (χ3v) is 4.34. The largest absolute Gasteiger partial charge is 0.444 e. The number of hydrogen-bond acceptors (Lipinski definition) is 4. The molecule has 1 fully saturated rings. The first-order valence-corrected chi connectivity index (χ1v) is 8.08. The van der Waals surface area contributed by atoms with Crippen LogP contribution in [0.1, 0.15) is 60.3 Å². The number of oxime groups is 1. The molecule has 1 aliphatic heterocycles. The zero-order valence-corrected chi connectivity index (χ0v) is 13.8. The second-order valence-corrected chi connectivity index (χ2v) is 7.03. The Morgan fingerprint density at radius 3 is 2.62 bits per heavy atom. The summed E-state index contributed by atoms with van der Waals surface area (Å²) in [6.45, 7) is 9.98. The Morgan fingerprint density at radius 1 is 1.38 bits per heavy atom. The Labute approximate surface area is 127 Å². The number of ether oxygens (including phenoxy) is 1. The third-order valence-electron chi connectivity index (χ3n) is 4.34. The van der Waals surface area contributed by atoms with Crippen molar-refractivity contribution in [2.75, 3.05) is 0 Å². The molecule has 21 heavy (non-hydrogen) atoms. The van der Waals surface area contributed by atoms with Gasteiger partial charge < -0.3 is 14.9 Å².